The Balaban J connectivity index is 1.12. The molecule has 0 bridgehead atoms. The molecule has 8 nitrogen and oxygen atoms in total. The van der Waals surface area contributed by atoms with Gasteiger partial charge >= 0.3 is 0 Å². The van der Waals surface area contributed by atoms with Crippen molar-refractivity contribution in [1.82, 2.24) is 9.80 Å². The third-order valence-electron chi connectivity index (χ3n) is 11.7. The fourth-order valence-corrected chi connectivity index (χ4v) is 9.48. The number of benzene rings is 3. The fourth-order valence-electron chi connectivity index (χ4n) is 9.48. The highest BCUT2D eigenvalue weighted by Crippen LogP contribution is 2.64. The van der Waals surface area contributed by atoms with Crippen LogP contribution in [0.1, 0.15) is 49.7 Å². The van der Waals surface area contributed by atoms with E-state index in [1.165, 1.54) is 10.5 Å². The highest BCUT2D eigenvalue weighted by atomic mass is 16.3. The molecule has 1 N–H and O–H groups in total. The molecule has 3 aliphatic heterocycles. The molecule has 5 aliphatic rings. The van der Waals surface area contributed by atoms with E-state index < -0.39 is 29.1 Å². The molecule has 6 unspecified atom stereocenters. The van der Waals surface area contributed by atoms with Gasteiger partial charge in [-0.15, -0.1) is 0 Å². The number of hydrogen-bond donors (Lipinski definition) is 1. The molecule has 1 saturated carbocycles. The number of imide groups is 2. The molecule has 3 aromatic carbocycles. The van der Waals surface area contributed by atoms with Gasteiger partial charge in [0.15, 0.2) is 0 Å². The Hall–Kier alpha value is -4.56. The summed E-state index contributed by atoms with van der Waals surface area (Å²) in [5.41, 5.74) is 2.06. The molecule has 3 saturated heterocycles. The van der Waals surface area contributed by atoms with E-state index in [0.717, 1.165) is 38.0 Å². The van der Waals surface area contributed by atoms with E-state index in [9.17, 15) is 24.3 Å². The number of amides is 4. The van der Waals surface area contributed by atoms with Gasteiger partial charge in [0.1, 0.15) is 5.75 Å². The molecule has 0 radical (unpaired) electrons. The van der Waals surface area contributed by atoms with Gasteiger partial charge in [-0.25, -0.2) is 4.90 Å². The van der Waals surface area contributed by atoms with E-state index >= 15 is 0 Å². The van der Waals surface area contributed by atoms with Gasteiger partial charge in [-0.3, -0.25) is 29.0 Å². The zero-order valence-corrected chi connectivity index (χ0v) is 26.5. The largest absolute Gasteiger partial charge is 0.508 e. The van der Waals surface area contributed by atoms with Gasteiger partial charge in [0.05, 0.1) is 28.9 Å². The maximum Gasteiger partial charge on any atom is 0.241 e. The second-order valence-electron chi connectivity index (χ2n) is 14.1. The van der Waals surface area contributed by atoms with Crippen molar-refractivity contribution in [2.45, 2.75) is 51.1 Å². The molecule has 0 aromatic heterocycles. The van der Waals surface area contributed by atoms with Gasteiger partial charge in [-0.2, -0.15) is 0 Å². The van der Waals surface area contributed by atoms with Gasteiger partial charge in [-0.1, -0.05) is 78.4 Å². The molecule has 0 spiro atoms. The number of carbonyl (C=O) groups is 4. The standard InChI is InChI=1S/C39H39N3O5/c1-39-31(36(45)42(38(39)47)25-12-6-3-7-13-25)22-30-27(34(39)28-14-8-9-15-32(28)43)16-17-29-33(30)37(46)41(35(29)44)26-18-20-40(21-19-26)23-24-10-4-2-5-11-24/h2-16,26,29-31,33-34,43H,17-23H2,1H3. The summed E-state index contributed by atoms with van der Waals surface area (Å²) in [6.07, 6.45) is 4.22. The number of carbonyl (C=O) groups excluding carboxylic acids is 4. The van der Waals surface area contributed by atoms with E-state index in [0.29, 0.717) is 24.1 Å². The number of rotatable bonds is 5. The normalized spacial score (nSPS) is 31.1. The Labute approximate surface area is 274 Å². The number of phenolic OH excluding ortho intramolecular Hbond substituents is 1. The zero-order valence-electron chi connectivity index (χ0n) is 26.5. The molecule has 2 aliphatic carbocycles. The summed E-state index contributed by atoms with van der Waals surface area (Å²) in [6.45, 7) is 4.30. The quantitative estimate of drug-likeness (QED) is 0.305. The lowest BCUT2D eigenvalue weighted by molar-refractivity contribution is -0.144. The first-order valence-corrected chi connectivity index (χ1v) is 16.8. The van der Waals surface area contributed by atoms with E-state index in [-0.39, 0.29) is 41.3 Å². The first kappa shape index (κ1) is 29.8. The molecule has 6 atom stereocenters. The molecule has 240 valence electrons. The summed E-state index contributed by atoms with van der Waals surface area (Å²) in [7, 11) is 0. The van der Waals surface area contributed by atoms with Crippen LogP contribution in [-0.4, -0.2) is 57.7 Å². The number of aromatic hydroxyl groups is 1. The highest BCUT2D eigenvalue weighted by Gasteiger charge is 2.68. The molecule has 8 rings (SSSR count). The smallest absolute Gasteiger partial charge is 0.241 e. The number of phenols is 1. The monoisotopic (exact) mass is 629 g/mol. The molecule has 47 heavy (non-hydrogen) atoms. The number of para-hydroxylation sites is 2. The lowest BCUT2D eigenvalue weighted by Crippen LogP contribution is -2.49. The van der Waals surface area contributed by atoms with Crippen LogP contribution in [0.5, 0.6) is 5.75 Å². The van der Waals surface area contributed by atoms with Crippen molar-refractivity contribution < 1.29 is 24.3 Å². The number of hydrogen-bond acceptors (Lipinski definition) is 6. The SMILES string of the molecule is CC12C(=O)N(c3ccccc3)C(=O)C1CC1C(=CCC3C(=O)N(C4CCN(Cc5ccccc5)CC4)C(=O)C31)C2c1ccccc1O. The minimum absolute atomic E-state index is 0.0530. The molecule has 8 heteroatoms. The lowest BCUT2D eigenvalue weighted by atomic mass is 9.51. The second kappa shape index (κ2) is 11.3. The number of piperidine rings is 1. The molecule has 4 amide bonds. The van der Waals surface area contributed by atoms with Crippen LogP contribution in [0.2, 0.25) is 0 Å². The fraction of sp³-hybridized carbons (Fsp3) is 0.385. The predicted octanol–water partition coefficient (Wildman–Crippen LogP) is 5.29. The van der Waals surface area contributed by atoms with Crippen LogP contribution in [0, 0.1) is 29.1 Å². The van der Waals surface area contributed by atoms with E-state index in [1.54, 1.807) is 41.3 Å². The summed E-state index contributed by atoms with van der Waals surface area (Å²) in [5, 5.41) is 11.2. The third kappa shape index (κ3) is 4.52. The molecule has 3 heterocycles. The lowest BCUT2D eigenvalue weighted by Gasteiger charge is -2.49. The van der Waals surface area contributed by atoms with Gasteiger partial charge in [0.2, 0.25) is 23.6 Å². The van der Waals surface area contributed by atoms with Crippen LogP contribution in [0.15, 0.2) is 96.6 Å². The Morgan fingerprint density at radius 3 is 2.15 bits per heavy atom. The van der Waals surface area contributed by atoms with E-state index in [2.05, 4.69) is 17.0 Å². The van der Waals surface area contributed by atoms with Crippen LogP contribution < -0.4 is 4.90 Å². The Bertz CT molecular complexity index is 1780. The van der Waals surface area contributed by atoms with Crippen LogP contribution in [0.25, 0.3) is 0 Å². The topological polar surface area (TPSA) is 98.2 Å². The van der Waals surface area contributed by atoms with Crippen LogP contribution in [0.3, 0.4) is 0 Å². The number of likely N-dealkylation sites (tertiary alicyclic amines) is 2. The highest BCUT2D eigenvalue weighted by molar-refractivity contribution is 6.24. The Kier molecular flexibility index (Phi) is 7.17. The summed E-state index contributed by atoms with van der Waals surface area (Å²) in [5.74, 6) is -3.56. The Morgan fingerprint density at radius 2 is 1.45 bits per heavy atom. The third-order valence-corrected chi connectivity index (χ3v) is 11.7. The zero-order chi connectivity index (χ0) is 32.4. The van der Waals surface area contributed by atoms with Gasteiger partial charge < -0.3 is 5.11 Å². The van der Waals surface area contributed by atoms with Crippen molar-refractivity contribution >= 4 is 29.3 Å². The van der Waals surface area contributed by atoms with Crippen molar-refractivity contribution in [3.8, 4) is 5.75 Å². The van der Waals surface area contributed by atoms with Crippen LogP contribution >= 0.6 is 0 Å². The Morgan fingerprint density at radius 1 is 0.787 bits per heavy atom. The van der Waals surface area contributed by atoms with Crippen molar-refractivity contribution in [1.29, 1.82) is 0 Å². The molecular weight excluding hydrogens is 590 g/mol. The molecule has 3 aromatic rings. The van der Waals surface area contributed by atoms with Crippen molar-refractivity contribution in [3.63, 3.8) is 0 Å². The minimum atomic E-state index is -1.17. The average molecular weight is 630 g/mol. The molecular formula is C39H39N3O5. The van der Waals surface area contributed by atoms with Crippen molar-refractivity contribution in [2.24, 2.45) is 29.1 Å². The van der Waals surface area contributed by atoms with Crippen LogP contribution in [0.4, 0.5) is 5.69 Å². The van der Waals surface area contributed by atoms with Gasteiger partial charge in [0.25, 0.3) is 0 Å². The summed E-state index contributed by atoms with van der Waals surface area (Å²) >= 11 is 0. The maximum atomic E-state index is 14.4. The first-order chi connectivity index (χ1) is 22.8. The number of fused-ring (bicyclic) bond motifs is 4. The second-order valence-corrected chi connectivity index (χ2v) is 14.1. The summed E-state index contributed by atoms with van der Waals surface area (Å²) < 4.78 is 0. The maximum absolute atomic E-state index is 14.4. The van der Waals surface area contributed by atoms with E-state index in [4.69, 9.17) is 0 Å². The van der Waals surface area contributed by atoms with Gasteiger partial charge in [0, 0.05) is 37.2 Å². The van der Waals surface area contributed by atoms with E-state index in [1.807, 2.05) is 49.4 Å². The van der Waals surface area contributed by atoms with Crippen molar-refractivity contribution in [2.75, 3.05) is 18.0 Å². The van der Waals surface area contributed by atoms with Gasteiger partial charge in [-0.05, 0) is 62.3 Å². The van der Waals surface area contributed by atoms with Crippen LogP contribution in [-0.2, 0) is 25.7 Å². The van der Waals surface area contributed by atoms with Crippen molar-refractivity contribution in [3.05, 3.63) is 108 Å². The first-order valence-electron chi connectivity index (χ1n) is 16.8. The number of anilines is 1. The minimum Gasteiger partial charge on any atom is -0.508 e. The predicted molar refractivity (Wildman–Crippen MR) is 176 cm³/mol. The average Bonchev–Trinajstić information content (AvgIpc) is 3.46. The number of nitrogens with zero attached hydrogens (tertiary/aromatic N) is 3. The summed E-state index contributed by atoms with van der Waals surface area (Å²) in [6, 6.07) is 26.1. The summed E-state index contributed by atoms with van der Waals surface area (Å²) in [4.78, 5) is 62.4. The molecule has 4 fully saturated rings. The number of allylic oxidation sites excluding steroid dienone is 2.